The Balaban J connectivity index is 1.80. The average molecular weight is 277 g/mol. The number of amides is 1. The van der Waals surface area contributed by atoms with Gasteiger partial charge < -0.3 is 10.2 Å². The maximum atomic E-state index is 11.9. The van der Waals surface area contributed by atoms with Crippen LogP contribution >= 0.6 is 11.3 Å². The number of likely N-dealkylation sites (tertiary alicyclic amines) is 1. The molecule has 2 rings (SSSR count). The van der Waals surface area contributed by atoms with Crippen molar-refractivity contribution >= 4 is 22.2 Å². The molecule has 1 fully saturated rings. The lowest BCUT2D eigenvalue weighted by molar-refractivity contribution is -0.116. The number of rotatable bonds is 4. The summed E-state index contributed by atoms with van der Waals surface area (Å²) in [4.78, 5) is 14.3. The number of thiophene rings is 1. The van der Waals surface area contributed by atoms with Gasteiger partial charge in [0, 0.05) is 19.0 Å². The van der Waals surface area contributed by atoms with Crippen LogP contribution < -0.4 is 5.32 Å². The highest BCUT2D eigenvalue weighted by Crippen LogP contribution is 2.22. The molecule has 0 spiro atoms. The van der Waals surface area contributed by atoms with Gasteiger partial charge in [-0.1, -0.05) is 6.42 Å². The maximum Gasteiger partial charge on any atom is 0.226 e. The predicted octanol–water partition coefficient (Wildman–Crippen LogP) is 2.82. The third-order valence-corrected chi connectivity index (χ3v) is 4.44. The van der Waals surface area contributed by atoms with Crippen molar-refractivity contribution in [3.05, 3.63) is 17.0 Å². The quantitative estimate of drug-likeness (QED) is 0.920. The van der Waals surface area contributed by atoms with Gasteiger partial charge in [-0.3, -0.25) is 4.79 Å². The summed E-state index contributed by atoms with van der Waals surface area (Å²) in [5, 5.41) is 14.2. The van der Waals surface area contributed by atoms with E-state index < -0.39 is 0 Å². The highest BCUT2D eigenvalue weighted by Gasteiger charge is 2.18. The second-order valence-corrected chi connectivity index (χ2v) is 5.87. The molecule has 102 valence electrons. The van der Waals surface area contributed by atoms with Crippen LogP contribution in [0.15, 0.2) is 11.4 Å². The van der Waals surface area contributed by atoms with Crippen molar-refractivity contribution in [1.82, 2.24) is 4.90 Å². The van der Waals surface area contributed by atoms with E-state index in [0.29, 0.717) is 23.0 Å². The molecule has 1 saturated heterocycles. The van der Waals surface area contributed by atoms with Crippen LogP contribution in [0.1, 0.15) is 38.2 Å². The molecule has 1 amide bonds. The van der Waals surface area contributed by atoms with E-state index in [2.05, 4.69) is 23.2 Å². The number of nitrogens with one attached hydrogen (secondary N) is 1. The molecule has 2 heterocycles. The minimum atomic E-state index is -0.00303. The van der Waals surface area contributed by atoms with Gasteiger partial charge in [-0.15, -0.1) is 11.3 Å². The molecule has 1 N–H and O–H groups in total. The third-order valence-electron chi connectivity index (χ3n) is 3.61. The van der Waals surface area contributed by atoms with Crippen molar-refractivity contribution in [1.29, 1.82) is 5.26 Å². The molecule has 4 nitrogen and oxygen atoms in total. The number of anilines is 1. The van der Waals surface area contributed by atoms with Gasteiger partial charge in [-0.25, -0.2) is 0 Å². The Morgan fingerprint density at radius 2 is 2.47 bits per heavy atom. The van der Waals surface area contributed by atoms with Gasteiger partial charge in [0.15, 0.2) is 0 Å². The zero-order chi connectivity index (χ0) is 13.7. The molecule has 0 radical (unpaired) electrons. The highest BCUT2D eigenvalue weighted by atomic mass is 32.1. The fourth-order valence-electron chi connectivity index (χ4n) is 2.42. The first kappa shape index (κ1) is 14.0. The molecular formula is C14H19N3OS. The molecule has 0 aliphatic carbocycles. The van der Waals surface area contributed by atoms with Gasteiger partial charge in [-0.05, 0) is 37.8 Å². The largest absolute Gasteiger partial charge is 0.317 e. The topological polar surface area (TPSA) is 56.1 Å². The van der Waals surface area contributed by atoms with Crippen LogP contribution in [0.4, 0.5) is 5.00 Å². The molecule has 0 aromatic carbocycles. The van der Waals surface area contributed by atoms with Crippen LogP contribution in [0.5, 0.6) is 0 Å². The van der Waals surface area contributed by atoms with E-state index in [1.165, 1.54) is 30.6 Å². The minimum absolute atomic E-state index is 0.00303. The van der Waals surface area contributed by atoms with Gasteiger partial charge in [0.05, 0.1) is 5.56 Å². The number of piperidine rings is 1. The summed E-state index contributed by atoms with van der Waals surface area (Å²) in [6.45, 7) is 4.13. The highest BCUT2D eigenvalue weighted by molar-refractivity contribution is 7.14. The lowest BCUT2D eigenvalue weighted by Gasteiger charge is -2.33. The second-order valence-electron chi connectivity index (χ2n) is 4.95. The summed E-state index contributed by atoms with van der Waals surface area (Å²) in [6.07, 6.45) is 4.25. The van der Waals surface area contributed by atoms with Gasteiger partial charge in [0.2, 0.25) is 5.91 Å². The second kappa shape index (κ2) is 6.69. The first-order chi connectivity index (χ1) is 9.20. The normalized spacial score (nSPS) is 19.9. The third kappa shape index (κ3) is 3.79. The van der Waals surface area contributed by atoms with E-state index in [0.717, 1.165) is 13.1 Å². The van der Waals surface area contributed by atoms with Crippen molar-refractivity contribution in [3.63, 3.8) is 0 Å². The Morgan fingerprint density at radius 1 is 1.63 bits per heavy atom. The molecule has 1 atom stereocenters. The van der Waals surface area contributed by atoms with E-state index in [9.17, 15) is 4.79 Å². The maximum absolute atomic E-state index is 11.9. The Kier molecular flexibility index (Phi) is 4.94. The smallest absolute Gasteiger partial charge is 0.226 e. The van der Waals surface area contributed by atoms with Crippen LogP contribution in [0.25, 0.3) is 0 Å². The summed E-state index contributed by atoms with van der Waals surface area (Å²) >= 11 is 1.40. The van der Waals surface area contributed by atoms with E-state index in [-0.39, 0.29) is 5.91 Å². The molecule has 1 aromatic rings. The lowest BCUT2D eigenvalue weighted by atomic mass is 10.0. The van der Waals surface area contributed by atoms with Crippen molar-refractivity contribution in [3.8, 4) is 6.07 Å². The summed E-state index contributed by atoms with van der Waals surface area (Å²) in [5.74, 6) is -0.00303. The summed E-state index contributed by atoms with van der Waals surface area (Å²) < 4.78 is 0. The van der Waals surface area contributed by atoms with Crippen LogP contribution in [-0.4, -0.2) is 29.9 Å². The Bertz CT molecular complexity index is 477. The van der Waals surface area contributed by atoms with Crippen LogP contribution in [0.2, 0.25) is 0 Å². The number of nitrogens with zero attached hydrogens (tertiary/aromatic N) is 2. The summed E-state index contributed by atoms with van der Waals surface area (Å²) in [5.41, 5.74) is 0.546. The zero-order valence-corrected chi connectivity index (χ0v) is 12.0. The molecule has 0 bridgehead atoms. The average Bonchev–Trinajstić information content (AvgIpc) is 2.85. The van der Waals surface area contributed by atoms with Crippen molar-refractivity contribution in [2.75, 3.05) is 18.4 Å². The number of carbonyl (C=O) groups is 1. The first-order valence-electron chi connectivity index (χ1n) is 6.72. The van der Waals surface area contributed by atoms with Crippen molar-refractivity contribution in [2.24, 2.45) is 0 Å². The van der Waals surface area contributed by atoms with Crippen LogP contribution in [0.3, 0.4) is 0 Å². The summed E-state index contributed by atoms with van der Waals surface area (Å²) in [7, 11) is 0. The fourth-order valence-corrected chi connectivity index (χ4v) is 3.17. The van der Waals surface area contributed by atoms with Gasteiger partial charge >= 0.3 is 0 Å². The van der Waals surface area contributed by atoms with E-state index in [1.54, 1.807) is 6.07 Å². The minimum Gasteiger partial charge on any atom is -0.317 e. The Labute approximate surface area is 118 Å². The Morgan fingerprint density at radius 3 is 3.21 bits per heavy atom. The molecule has 1 aliphatic rings. The van der Waals surface area contributed by atoms with Gasteiger partial charge in [-0.2, -0.15) is 5.26 Å². The van der Waals surface area contributed by atoms with Crippen molar-refractivity contribution < 1.29 is 4.79 Å². The van der Waals surface area contributed by atoms with Gasteiger partial charge in [0.25, 0.3) is 0 Å². The molecule has 19 heavy (non-hydrogen) atoms. The van der Waals surface area contributed by atoms with Crippen LogP contribution in [-0.2, 0) is 4.79 Å². The SMILES string of the molecule is C[C@@H]1CCCCN1CCC(=O)Nc1sccc1C#N. The monoisotopic (exact) mass is 277 g/mol. The van der Waals surface area contributed by atoms with Gasteiger partial charge in [0.1, 0.15) is 11.1 Å². The van der Waals surface area contributed by atoms with Crippen molar-refractivity contribution in [2.45, 2.75) is 38.6 Å². The standard InChI is InChI=1S/C14H19N3OS/c1-11-4-2-3-7-17(11)8-5-13(18)16-14-12(10-15)6-9-19-14/h6,9,11H,2-5,7-8H2,1H3,(H,16,18)/t11-/m1/s1. The molecule has 0 saturated carbocycles. The number of hydrogen-bond acceptors (Lipinski definition) is 4. The number of carbonyl (C=O) groups excluding carboxylic acids is 1. The van der Waals surface area contributed by atoms with E-state index in [4.69, 9.17) is 5.26 Å². The molecule has 0 unspecified atom stereocenters. The molecule has 1 aliphatic heterocycles. The molecule has 1 aromatic heterocycles. The predicted molar refractivity (Wildman–Crippen MR) is 77.2 cm³/mol. The number of nitriles is 1. The van der Waals surface area contributed by atoms with E-state index in [1.807, 2.05) is 5.38 Å². The molecule has 5 heteroatoms. The Hall–Kier alpha value is -1.38. The fraction of sp³-hybridized carbons (Fsp3) is 0.571. The lowest BCUT2D eigenvalue weighted by Crippen LogP contribution is -2.39. The zero-order valence-electron chi connectivity index (χ0n) is 11.2. The van der Waals surface area contributed by atoms with E-state index >= 15 is 0 Å². The molecular weight excluding hydrogens is 258 g/mol. The number of hydrogen-bond donors (Lipinski definition) is 1. The van der Waals surface area contributed by atoms with Crippen LogP contribution in [0, 0.1) is 11.3 Å². The first-order valence-corrected chi connectivity index (χ1v) is 7.60. The summed E-state index contributed by atoms with van der Waals surface area (Å²) in [6, 6.07) is 4.39.